The first-order chi connectivity index (χ1) is 72.3. The number of hydrogen-bond donors (Lipinski definition) is 0. The number of fused-ring (bicyclic) bond motifs is 8. The van der Waals surface area contributed by atoms with Crippen molar-refractivity contribution >= 4 is 131 Å². The maximum absolute atomic E-state index is 5.24. The van der Waals surface area contributed by atoms with Gasteiger partial charge in [0.05, 0.1) is 10.8 Å². The molecule has 20 nitrogen and oxygen atoms in total. The van der Waals surface area contributed by atoms with Gasteiger partial charge in [0, 0.05) is 117 Å². The number of imidazole rings is 4. The number of nitrogens with zero attached hydrogens (tertiary/aromatic N) is 20. The molecule has 28 aromatic rings. The van der Waals surface area contributed by atoms with Gasteiger partial charge in [-0.1, -0.05) is 312 Å². The second-order valence-electron chi connectivity index (χ2n) is 35.3. The molecule has 146 heavy (non-hydrogen) atoms. The van der Waals surface area contributed by atoms with Crippen molar-refractivity contribution in [3.63, 3.8) is 0 Å². The van der Waals surface area contributed by atoms with E-state index in [2.05, 4.69) is 281 Å². The molecule has 0 saturated carbocycles. The van der Waals surface area contributed by atoms with E-state index in [1.807, 2.05) is 219 Å². The third kappa shape index (κ3) is 15.2. The van der Waals surface area contributed by atoms with Crippen LogP contribution >= 0.6 is 45.3 Å². The Morgan fingerprint density at radius 2 is 0.322 bits per heavy atom. The first-order valence-electron chi connectivity index (χ1n) is 47.6. The van der Waals surface area contributed by atoms with Crippen molar-refractivity contribution in [1.82, 2.24) is 98.0 Å². The van der Waals surface area contributed by atoms with E-state index in [4.69, 9.17) is 59.8 Å². The van der Waals surface area contributed by atoms with E-state index in [9.17, 15) is 0 Å². The Kier molecular flexibility index (Phi) is 21.6. The maximum atomic E-state index is 5.24. The van der Waals surface area contributed by atoms with Crippen LogP contribution in [0.2, 0.25) is 0 Å². The zero-order chi connectivity index (χ0) is 96.6. The molecule has 0 spiro atoms. The average Bonchev–Trinajstić information content (AvgIpc) is 0.783. The molecule has 0 N–H and O–H groups in total. The monoisotopic (exact) mass is 1950 g/mol. The normalized spacial score (nSPS) is 11.8. The molecule has 0 aliphatic heterocycles. The van der Waals surface area contributed by atoms with Gasteiger partial charge in [0.15, 0.2) is 22.6 Å². The van der Waals surface area contributed by atoms with Crippen molar-refractivity contribution in [3.8, 4) is 111 Å². The minimum atomic E-state index is -0.946. The van der Waals surface area contributed by atoms with Crippen LogP contribution in [0.3, 0.4) is 0 Å². The summed E-state index contributed by atoms with van der Waals surface area (Å²) in [7, 11) is 0. The molecule has 16 heterocycles. The van der Waals surface area contributed by atoms with E-state index in [1.165, 1.54) is 0 Å². The minimum Gasteiger partial charge on any atom is -0.277 e. The first-order valence-corrected chi connectivity index (χ1v) is 50.9. The molecule has 0 aliphatic carbocycles. The van der Waals surface area contributed by atoms with Crippen LogP contribution in [0.4, 0.5) is 0 Å². The Morgan fingerprint density at radius 1 is 0.151 bits per heavy atom. The zero-order valence-electron chi connectivity index (χ0n) is 77.5. The Hall–Kier alpha value is -18.7. The highest BCUT2D eigenvalue weighted by Gasteiger charge is 2.42. The molecule has 24 heteroatoms. The number of pyridine rings is 8. The Morgan fingerprint density at radius 3 is 0.507 bits per heavy atom. The SMILES string of the molecule is c1ccc(-n2c(-c3ccc(C(c4ccc(-c5nc6cccnc6n5-c5ccccc5)cc4)(c4ccc(-c5nc6cccnc6n5-c5ccccc5)cc4)c4ccc(-c5nc6cccnc6n5-c5ccccc5)cc4)cc3)nc3cccnc32)cc1.c1cnc2sc(-c3ccc(C(c4ccc(-c5nc6cccnc6s5)cc4)(c4ccc(-c5nc6cccnc6s5)cc4)c4ccc(-c5nc6cccnc6s5)cc4)cc3)nc2c1. The fraction of sp³-hybridized carbons (Fsp3) is 0.0164. The lowest BCUT2D eigenvalue weighted by Crippen LogP contribution is -2.31. The van der Waals surface area contributed by atoms with Gasteiger partial charge in [-0.2, -0.15) is 0 Å². The number of aromatic nitrogens is 20. The molecular weight excluding hydrogens is 1870 g/mol. The Labute approximate surface area is 850 Å². The standard InChI is InChI=1S/C73H48N12.C49H28N8S4/c1-5-17-57(18-6-1)82-65(78-61-25-13-45-74-69(61)82)49-29-37-53(38-30-49)73(54-39-31-50(32-40-54)66-79-62-26-14-46-75-70(62)83(66)58-19-7-2-8-20-58,55-41-33-51(34-42-55)67-80-63-27-15-47-76-71(63)84(67)59-21-9-3-10-22-59)56-43-35-52(36-44-56)68-81-64-28-16-48-77-72(64)85(68)60-23-11-4-12-24-60;1-5-37-45(50-25-1)58-41(54-37)29-9-17-33(18-10-29)49(34-19-11-30(12-20-34)42-55-38-6-2-26-51-46(38)59-42,35-21-13-31(14-22-35)43-56-39-7-3-27-52-47(39)60-43)36-23-15-32(16-24-36)44-57-40-8-4-28-53-48(40)61-44/h1-48H;1-28H. The van der Waals surface area contributed by atoms with Crippen LogP contribution in [0.1, 0.15) is 44.5 Å². The van der Waals surface area contributed by atoms with Gasteiger partial charge >= 0.3 is 0 Å². The van der Waals surface area contributed by atoms with Gasteiger partial charge in [0.2, 0.25) is 0 Å². The second-order valence-corrected chi connectivity index (χ2v) is 39.2. The maximum Gasteiger partial charge on any atom is 0.164 e. The summed E-state index contributed by atoms with van der Waals surface area (Å²) in [6.45, 7) is 0. The zero-order valence-corrected chi connectivity index (χ0v) is 80.7. The molecule has 688 valence electrons. The van der Waals surface area contributed by atoms with Crippen molar-refractivity contribution in [2.75, 3.05) is 0 Å². The van der Waals surface area contributed by atoms with E-state index in [0.717, 1.165) is 241 Å². The predicted molar refractivity (Wildman–Crippen MR) is 587 cm³/mol. The third-order valence-electron chi connectivity index (χ3n) is 27.0. The summed E-state index contributed by atoms with van der Waals surface area (Å²) >= 11 is 6.42. The fourth-order valence-corrected chi connectivity index (χ4v) is 23.9. The molecule has 0 bridgehead atoms. The van der Waals surface area contributed by atoms with E-state index >= 15 is 0 Å². The van der Waals surface area contributed by atoms with Gasteiger partial charge in [-0.25, -0.2) is 79.7 Å². The molecule has 0 radical (unpaired) electrons. The average molecular weight is 1950 g/mol. The van der Waals surface area contributed by atoms with Crippen LogP contribution in [-0.4, -0.2) is 98.0 Å². The molecule has 28 rings (SSSR count). The van der Waals surface area contributed by atoms with Crippen LogP contribution in [0.25, 0.3) is 197 Å². The van der Waals surface area contributed by atoms with Crippen molar-refractivity contribution < 1.29 is 0 Å². The lowest BCUT2D eigenvalue weighted by Gasteiger charge is -2.37. The van der Waals surface area contributed by atoms with Crippen LogP contribution in [0, 0.1) is 0 Å². The van der Waals surface area contributed by atoms with E-state index in [-0.39, 0.29) is 0 Å². The molecule has 0 unspecified atom stereocenters. The highest BCUT2D eigenvalue weighted by molar-refractivity contribution is 7.22. The minimum absolute atomic E-state index is 0.747. The van der Waals surface area contributed by atoms with Gasteiger partial charge in [-0.05, 0) is 190 Å². The van der Waals surface area contributed by atoms with Gasteiger partial charge in [-0.15, -0.1) is 0 Å². The Balaban J connectivity index is 0.000000153. The van der Waals surface area contributed by atoms with Crippen LogP contribution in [0.5, 0.6) is 0 Å². The molecule has 0 aliphatic rings. The van der Waals surface area contributed by atoms with Gasteiger partial charge in [0.25, 0.3) is 0 Å². The predicted octanol–water partition coefficient (Wildman–Crippen LogP) is 28.4. The molecule has 0 fully saturated rings. The van der Waals surface area contributed by atoms with Crippen molar-refractivity contribution in [2.45, 2.75) is 10.8 Å². The fourth-order valence-electron chi connectivity index (χ4n) is 20.2. The summed E-state index contributed by atoms with van der Waals surface area (Å²) in [6.07, 6.45) is 14.6. The van der Waals surface area contributed by atoms with E-state index in [0.29, 0.717) is 0 Å². The number of para-hydroxylation sites is 4. The van der Waals surface area contributed by atoms with Crippen molar-refractivity contribution in [2.24, 2.45) is 0 Å². The highest BCUT2D eigenvalue weighted by Crippen LogP contribution is 2.52. The van der Waals surface area contributed by atoms with E-state index < -0.39 is 10.8 Å². The van der Waals surface area contributed by atoms with Crippen LogP contribution in [-0.2, 0) is 10.8 Å². The van der Waals surface area contributed by atoms with Gasteiger partial charge in [-0.3, -0.25) is 18.3 Å². The lowest BCUT2D eigenvalue weighted by atomic mass is 9.64. The van der Waals surface area contributed by atoms with Gasteiger partial charge < -0.3 is 0 Å². The largest absolute Gasteiger partial charge is 0.277 e. The number of benzene rings is 12. The summed E-state index contributed by atoms with van der Waals surface area (Å²) in [5, 5.41) is 3.74. The smallest absolute Gasteiger partial charge is 0.164 e. The molecule has 0 atom stereocenters. The molecule has 0 saturated heterocycles. The molecular formula is C122H76N20S4. The highest BCUT2D eigenvalue weighted by atomic mass is 32.1. The summed E-state index contributed by atoms with van der Waals surface area (Å²) in [5.74, 6) is 3.16. The quantitative estimate of drug-likeness (QED) is 0.0646. The topological polar surface area (TPSA) is 226 Å². The summed E-state index contributed by atoms with van der Waals surface area (Å²) in [4.78, 5) is 82.0. The number of hydrogen-bond acceptors (Lipinski definition) is 20. The summed E-state index contributed by atoms with van der Waals surface area (Å²) in [5.41, 5.74) is 28.7. The first kappa shape index (κ1) is 86.4. The molecule has 16 aromatic heterocycles. The molecule has 12 aromatic carbocycles. The lowest BCUT2D eigenvalue weighted by molar-refractivity contribution is 0.745. The van der Waals surface area contributed by atoms with Crippen LogP contribution < -0.4 is 0 Å². The second kappa shape index (κ2) is 36.4. The Bertz CT molecular complexity index is 8460. The van der Waals surface area contributed by atoms with Gasteiger partial charge in [0.1, 0.15) is 107 Å². The summed E-state index contributed by atoms with van der Waals surface area (Å²) < 4.78 is 8.57. The van der Waals surface area contributed by atoms with Crippen molar-refractivity contribution in [1.29, 1.82) is 0 Å². The van der Waals surface area contributed by atoms with E-state index in [1.54, 1.807) is 45.3 Å². The third-order valence-corrected chi connectivity index (χ3v) is 31.1. The van der Waals surface area contributed by atoms with Crippen LogP contribution in [0.15, 0.2) is 462 Å². The number of thiazole rings is 4. The molecule has 0 amide bonds. The van der Waals surface area contributed by atoms with Crippen molar-refractivity contribution in [3.05, 3.63) is 507 Å². The number of rotatable bonds is 20. The summed E-state index contributed by atoms with van der Waals surface area (Å²) in [6, 6.07) is 144.